The van der Waals surface area contributed by atoms with Gasteiger partial charge in [0.2, 0.25) is 0 Å². The maximum absolute atomic E-state index is 11.4. The lowest BCUT2D eigenvalue weighted by Gasteiger charge is -2.34. The van der Waals surface area contributed by atoms with Gasteiger partial charge in [-0.25, -0.2) is 0 Å². The Hall–Kier alpha value is -6.68. The zero-order valence-electron chi connectivity index (χ0n) is 29.3. The summed E-state index contributed by atoms with van der Waals surface area (Å²) < 4.78 is 0. The van der Waals surface area contributed by atoms with Crippen molar-refractivity contribution < 1.29 is 10.2 Å². The second-order valence-electron chi connectivity index (χ2n) is 14.5. The molecule has 3 unspecified atom stereocenters. The average molecular weight is 689 g/mol. The van der Waals surface area contributed by atoms with Crippen LogP contribution < -0.4 is 0 Å². The molecule has 3 aliphatic carbocycles. The van der Waals surface area contributed by atoms with E-state index in [1.165, 1.54) is 65.5 Å². The van der Waals surface area contributed by atoms with Gasteiger partial charge in [-0.15, -0.1) is 0 Å². The molecule has 0 aliphatic heterocycles. The Kier molecular flexibility index (Phi) is 6.82. The van der Waals surface area contributed by atoms with Crippen LogP contribution in [0.3, 0.4) is 0 Å². The average Bonchev–Trinajstić information content (AvgIpc) is 3.22. The fourth-order valence-corrected chi connectivity index (χ4v) is 9.26. The third-order valence-electron chi connectivity index (χ3n) is 11.6. The number of allylic oxidation sites excluding steroid dienone is 8. The van der Waals surface area contributed by atoms with Gasteiger partial charge in [-0.1, -0.05) is 151 Å². The summed E-state index contributed by atoms with van der Waals surface area (Å²) in [6, 6.07) is 41.7. The van der Waals surface area contributed by atoms with Crippen LogP contribution in [-0.4, -0.2) is 10.2 Å². The minimum atomic E-state index is -0.955. The largest absolute Gasteiger partial charge is 0.376 e. The predicted molar refractivity (Wildman–Crippen MR) is 222 cm³/mol. The van der Waals surface area contributed by atoms with Gasteiger partial charge in [0.1, 0.15) is 12.2 Å². The number of hydrogen-bond donors (Lipinski definition) is 2. The quantitative estimate of drug-likeness (QED) is 0.108. The van der Waals surface area contributed by atoms with E-state index in [-0.39, 0.29) is 5.92 Å². The highest BCUT2D eigenvalue weighted by molar-refractivity contribution is 6.33. The van der Waals surface area contributed by atoms with Gasteiger partial charge in [-0.3, -0.25) is 0 Å². The van der Waals surface area contributed by atoms with E-state index in [1.54, 1.807) is 0 Å². The summed E-state index contributed by atoms with van der Waals surface area (Å²) in [7, 11) is 0. The van der Waals surface area contributed by atoms with Crippen LogP contribution in [0.2, 0.25) is 0 Å². The summed E-state index contributed by atoms with van der Waals surface area (Å²) in [6.45, 7) is 0. The first-order valence-electron chi connectivity index (χ1n) is 18.5. The van der Waals surface area contributed by atoms with Crippen molar-refractivity contribution >= 4 is 59.4 Å². The molecular formula is C52H32O2. The molecule has 0 bridgehead atoms. The third kappa shape index (κ3) is 4.59. The highest BCUT2D eigenvalue weighted by Gasteiger charge is 2.32. The summed E-state index contributed by atoms with van der Waals surface area (Å²) in [5.74, 6) is 12.8. The topological polar surface area (TPSA) is 40.5 Å². The molecular weight excluding hydrogens is 657 g/mol. The molecule has 3 atom stereocenters. The Morgan fingerprint density at radius 3 is 1.83 bits per heavy atom. The molecule has 2 heteroatoms. The van der Waals surface area contributed by atoms with Crippen LogP contribution in [0.5, 0.6) is 0 Å². The van der Waals surface area contributed by atoms with E-state index in [0.29, 0.717) is 0 Å². The Labute approximate surface area is 313 Å². The zero-order valence-corrected chi connectivity index (χ0v) is 29.3. The lowest BCUT2D eigenvalue weighted by Crippen LogP contribution is -2.15. The Balaban J connectivity index is 0.879. The van der Waals surface area contributed by atoms with Crippen molar-refractivity contribution in [1.82, 2.24) is 0 Å². The van der Waals surface area contributed by atoms with Crippen LogP contribution >= 0.6 is 0 Å². The van der Waals surface area contributed by atoms with E-state index in [1.807, 2.05) is 36.4 Å². The molecule has 0 spiro atoms. The Morgan fingerprint density at radius 1 is 0.556 bits per heavy atom. The van der Waals surface area contributed by atoms with E-state index < -0.39 is 12.2 Å². The molecule has 2 N–H and O–H groups in total. The van der Waals surface area contributed by atoms with Gasteiger partial charge in [0.25, 0.3) is 0 Å². The number of fused-ring (bicyclic) bond motifs is 4. The molecule has 3 aliphatic rings. The molecule has 8 aromatic carbocycles. The Morgan fingerprint density at radius 2 is 1.13 bits per heavy atom. The van der Waals surface area contributed by atoms with E-state index in [4.69, 9.17) is 0 Å². The molecule has 0 saturated carbocycles. The maximum atomic E-state index is 11.4. The lowest BCUT2D eigenvalue weighted by molar-refractivity contribution is 0.239. The number of rotatable bonds is 2. The van der Waals surface area contributed by atoms with Gasteiger partial charge in [0.15, 0.2) is 0 Å². The minimum Gasteiger partial charge on any atom is -0.376 e. The fraction of sp³-hybridized carbons (Fsp3) is 0.0769. The van der Waals surface area contributed by atoms with Crippen LogP contribution in [0.4, 0.5) is 0 Å². The predicted octanol–water partition coefficient (Wildman–Crippen LogP) is 11.4. The molecule has 0 aromatic heterocycles. The molecule has 11 rings (SSSR count). The van der Waals surface area contributed by atoms with E-state index in [0.717, 1.165) is 44.8 Å². The zero-order chi connectivity index (χ0) is 35.9. The van der Waals surface area contributed by atoms with Gasteiger partial charge in [-0.2, -0.15) is 0 Å². The van der Waals surface area contributed by atoms with Gasteiger partial charge in [0, 0.05) is 28.2 Å². The molecule has 0 heterocycles. The summed E-state index contributed by atoms with van der Waals surface area (Å²) in [5, 5.41) is 34.6. The summed E-state index contributed by atoms with van der Waals surface area (Å²) in [4.78, 5) is 0. The van der Waals surface area contributed by atoms with Crippen LogP contribution in [0, 0.1) is 23.7 Å². The molecule has 2 nitrogen and oxygen atoms in total. The number of hydrogen-bond acceptors (Lipinski definition) is 2. The first kappa shape index (κ1) is 30.9. The highest BCUT2D eigenvalue weighted by Crippen LogP contribution is 2.51. The fourth-order valence-electron chi connectivity index (χ4n) is 9.26. The van der Waals surface area contributed by atoms with Crippen molar-refractivity contribution in [3.05, 3.63) is 196 Å². The first-order valence-corrected chi connectivity index (χ1v) is 18.5. The molecule has 0 fully saturated rings. The van der Waals surface area contributed by atoms with Gasteiger partial charge in [0.05, 0.1) is 0 Å². The maximum Gasteiger partial charge on any atom is 0.141 e. The SMILES string of the molecule is OC(C#Cc1ccc(C#CC(O)c2ccc3c4cccc5cccc(c6cccc2c63)c54)cc1)c1ccc2c3c(cccc13)C1C=CC=C3CC=CC2=C31. The van der Waals surface area contributed by atoms with Crippen molar-refractivity contribution in [2.75, 3.05) is 0 Å². The van der Waals surface area contributed by atoms with Gasteiger partial charge >= 0.3 is 0 Å². The lowest BCUT2D eigenvalue weighted by atomic mass is 9.70. The smallest absolute Gasteiger partial charge is 0.141 e. The molecule has 252 valence electrons. The molecule has 8 aromatic rings. The van der Waals surface area contributed by atoms with Crippen molar-refractivity contribution in [3.8, 4) is 23.7 Å². The minimum absolute atomic E-state index is 0.226. The van der Waals surface area contributed by atoms with Crippen molar-refractivity contribution in [2.45, 2.75) is 24.5 Å². The highest BCUT2D eigenvalue weighted by atomic mass is 16.3. The monoisotopic (exact) mass is 688 g/mol. The van der Waals surface area contributed by atoms with Crippen LogP contribution in [0.1, 0.15) is 57.9 Å². The van der Waals surface area contributed by atoms with E-state index in [2.05, 4.69) is 139 Å². The number of aliphatic hydroxyl groups is 2. The first-order chi connectivity index (χ1) is 26.6. The standard InChI is InChI=1S/C52H32O2/c53-47(35-25-27-45-41-13-3-9-33-7-1-11-39(49(33)41)43-17-5-15-37(35)51(43)45)29-23-31-19-21-32(22-20-31)24-30-48(54)36-26-28-46-42-14-4-10-34-8-2-12-40(50(34)42)44-18-6-16-38(36)52(44)46/h1-9,11-22,25-28,40,47-48,53-54H,10H2. The van der Waals surface area contributed by atoms with Crippen LogP contribution in [0.15, 0.2) is 163 Å². The second kappa shape index (κ2) is 11.9. The summed E-state index contributed by atoms with van der Waals surface area (Å²) in [5.41, 5.74) is 9.80. The van der Waals surface area contributed by atoms with Crippen LogP contribution in [-0.2, 0) is 0 Å². The Bertz CT molecular complexity index is 3120. The van der Waals surface area contributed by atoms with Gasteiger partial charge in [-0.05, 0) is 112 Å². The molecule has 54 heavy (non-hydrogen) atoms. The summed E-state index contributed by atoms with van der Waals surface area (Å²) >= 11 is 0. The third-order valence-corrected chi connectivity index (χ3v) is 11.6. The molecule has 0 radical (unpaired) electrons. The van der Waals surface area contributed by atoms with Gasteiger partial charge < -0.3 is 10.2 Å². The van der Waals surface area contributed by atoms with Crippen molar-refractivity contribution in [1.29, 1.82) is 0 Å². The second-order valence-corrected chi connectivity index (χ2v) is 14.5. The van der Waals surface area contributed by atoms with Crippen LogP contribution in [0.25, 0.3) is 59.4 Å². The molecule has 0 amide bonds. The molecule has 0 saturated heterocycles. The number of aliphatic hydroxyl groups excluding tert-OH is 2. The summed E-state index contributed by atoms with van der Waals surface area (Å²) in [6.07, 6.45) is 10.3. The number of benzene rings is 8. The van der Waals surface area contributed by atoms with Crippen molar-refractivity contribution in [3.63, 3.8) is 0 Å². The van der Waals surface area contributed by atoms with E-state index >= 15 is 0 Å². The van der Waals surface area contributed by atoms with E-state index in [9.17, 15) is 10.2 Å². The normalized spacial score (nSPS) is 16.6. The van der Waals surface area contributed by atoms with Crippen molar-refractivity contribution in [2.24, 2.45) is 0 Å².